The van der Waals surface area contributed by atoms with Crippen LogP contribution in [0, 0.1) is 5.92 Å². The Morgan fingerprint density at radius 1 is 1.40 bits per heavy atom. The van der Waals surface area contributed by atoms with E-state index >= 15 is 0 Å². The average molecular weight is 340 g/mol. The van der Waals surface area contributed by atoms with Crippen molar-refractivity contribution in [3.05, 3.63) is 27.7 Å². The van der Waals surface area contributed by atoms with Crippen molar-refractivity contribution >= 4 is 15.9 Å². The lowest BCUT2D eigenvalue weighted by atomic mass is 9.87. The molecule has 2 aliphatic heterocycles. The molecule has 0 spiro atoms. The summed E-state index contributed by atoms with van der Waals surface area (Å²) in [6.45, 7) is 6.96. The molecule has 3 rings (SSSR count). The van der Waals surface area contributed by atoms with E-state index in [4.69, 9.17) is 9.47 Å². The monoisotopic (exact) mass is 339 g/mol. The van der Waals surface area contributed by atoms with E-state index in [1.54, 1.807) is 0 Å². The van der Waals surface area contributed by atoms with Gasteiger partial charge in [-0.1, -0.05) is 22.9 Å². The van der Waals surface area contributed by atoms with Crippen LogP contribution in [0.1, 0.15) is 37.4 Å². The van der Waals surface area contributed by atoms with Gasteiger partial charge in [0, 0.05) is 35.0 Å². The van der Waals surface area contributed by atoms with Gasteiger partial charge < -0.3 is 14.8 Å². The van der Waals surface area contributed by atoms with Gasteiger partial charge in [0.1, 0.15) is 5.75 Å². The zero-order valence-corrected chi connectivity index (χ0v) is 13.7. The quantitative estimate of drug-likeness (QED) is 0.911. The van der Waals surface area contributed by atoms with E-state index in [2.05, 4.69) is 47.2 Å². The summed E-state index contributed by atoms with van der Waals surface area (Å²) in [5.41, 5.74) is 2.61. The third kappa shape index (κ3) is 2.61. The minimum absolute atomic E-state index is 0.301. The molecule has 0 bridgehead atoms. The largest absolute Gasteiger partial charge is 0.493 e. The molecule has 2 heterocycles. The van der Waals surface area contributed by atoms with Crippen molar-refractivity contribution in [3.63, 3.8) is 0 Å². The Kier molecular flexibility index (Phi) is 4.34. The highest BCUT2D eigenvalue weighted by atomic mass is 79.9. The maximum Gasteiger partial charge on any atom is 0.127 e. The molecule has 20 heavy (non-hydrogen) atoms. The first-order chi connectivity index (χ1) is 9.70. The number of fused-ring (bicyclic) bond motifs is 1. The van der Waals surface area contributed by atoms with Gasteiger partial charge in [0.15, 0.2) is 0 Å². The molecule has 0 radical (unpaired) electrons. The summed E-state index contributed by atoms with van der Waals surface area (Å²) in [7, 11) is 0. The van der Waals surface area contributed by atoms with E-state index in [0.29, 0.717) is 18.1 Å². The smallest absolute Gasteiger partial charge is 0.127 e. The van der Waals surface area contributed by atoms with Crippen LogP contribution in [0.2, 0.25) is 0 Å². The minimum atomic E-state index is 0.301. The Labute approximate surface area is 129 Å². The standard InChI is InChI=1S/C16H22BrNO2/c1-3-18-15(13-5-7-19-10(13)2)14-9-12(17)8-11-4-6-20-16(11)14/h8-10,13,15,18H,3-7H2,1-2H3. The molecule has 0 saturated carbocycles. The van der Waals surface area contributed by atoms with Gasteiger partial charge in [0.2, 0.25) is 0 Å². The molecule has 1 aromatic carbocycles. The van der Waals surface area contributed by atoms with Crippen molar-refractivity contribution < 1.29 is 9.47 Å². The molecule has 0 aliphatic carbocycles. The molecule has 4 heteroatoms. The van der Waals surface area contributed by atoms with Crippen molar-refractivity contribution in [2.45, 2.75) is 38.8 Å². The zero-order valence-electron chi connectivity index (χ0n) is 12.1. The van der Waals surface area contributed by atoms with Crippen molar-refractivity contribution in [1.82, 2.24) is 5.32 Å². The number of hydrogen-bond acceptors (Lipinski definition) is 3. The van der Waals surface area contributed by atoms with E-state index < -0.39 is 0 Å². The highest BCUT2D eigenvalue weighted by Gasteiger charge is 2.35. The first-order valence-electron chi connectivity index (χ1n) is 7.50. The Hall–Kier alpha value is -0.580. The second-order valence-electron chi connectivity index (χ2n) is 5.65. The summed E-state index contributed by atoms with van der Waals surface area (Å²) in [5.74, 6) is 1.61. The lowest BCUT2D eigenvalue weighted by Crippen LogP contribution is -2.32. The highest BCUT2D eigenvalue weighted by Crippen LogP contribution is 2.42. The molecule has 3 atom stereocenters. The summed E-state index contributed by atoms with van der Waals surface area (Å²) in [6, 6.07) is 4.70. The lowest BCUT2D eigenvalue weighted by Gasteiger charge is -2.28. The molecule has 2 aliphatic rings. The highest BCUT2D eigenvalue weighted by molar-refractivity contribution is 9.10. The van der Waals surface area contributed by atoms with Crippen LogP contribution >= 0.6 is 15.9 Å². The van der Waals surface area contributed by atoms with E-state index in [1.165, 1.54) is 11.1 Å². The Morgan fingerprint density at radius 2 is 2.25 bits per heavy atom. The van der Waals surface area contributed by atoms with E-state index in [0.717, 1.165) is 42.8 Å². The number of hydrogen-bond donors (Lipinski definition) is 1. The normalized spacial score (nSPS) is 26.4. The van der Waals surface area contributed by atoms with Crippen molar-refractivity contribution in [3.8, 4) is 5.75 Å². The maximum absolute atomic E-state index is 5.91. The molecule has 3 nitrogen and oxygen atoms in total. The molecular weight excluding hydrogens is 318 g/mol. The summed E-state index contributed by atoms with van der Waals surface area (Å²) >= 11 is 3.64. The topological polar surface area (TPSA) is 30.5 Å². The van der Waals surface area contributed by atoms with Gasteiger partial charge in [0.25, 0.3) is 0 Å². The second kappa shape index (κ2) is 6.04. The first kappa shape index (κ1) is 14.4. The Morgan fingerprint density at radius 3 is 2.95 bits per heavy atom. The average Bonchev–Trinajstić information content (AvgIpc) is 3.04. The summed E-state index contributed by atoms with van der Waals surface area (Å²) in [6.07, 6.45) is 2.42. The third-order valence-electron chi connectivity index (χ3n) is 4.40. The van der Waals surface area contributed by atoms with Gasteiger partial charge in [-0.3, -0.25) is 0 Å². The lowest BCUT2D eigenvalue weighted by molar-refractivity contribution is 0.0952. The first-order valence-corrected chi connectivity index (χ1v) is 8.30. The SMILES string of the molecule is CCNC(c1cc(Br)cc2c1OCC2)C1CCOC1C. The summed E-state index contributed by atoms with van der Waals surface area (Å²) in [4.78, 5) is 0. The number of benzene rings is 1. The van der Waals surface area contributed by atoms with Crippen molar-refractivity contribution in [2.24, 2.45) is 5.92 Å². The van der Waals surface area contributed by atoms with Crippen LogP contribution in [-0.4, -0.2) is 25.9 Å². The zero-order chi connectivity index (χ0) is 14.1. The number of nitrogens with one attached hydrogen (secondary N) is 1. The second-order valence-corrected chi connectivity index (χ2v) is 6.56. The maximum atomic E-state index is 5.91. The number of ether oxygens (including phenoxy) is 2. The molecule has 3 unspecified atom stereocenters. The van der Waals surface area contributed by atoms with Gasteiger partial charge >= 0.3 is 0 Å². The van der Waals surface area contributed by atoms with Crippen LogP contribution in [0.3, 0.4) is 0 Å². The Bertz CT molecular complexity index is 492. The van der Waals surface area contributed by atoms with E-state index in [-0.39, 0.29) is 0 Å². The molecule has 1 aromatic rings. The third-order valence-corrected chi connectivity index (χ3v) is 4.86. The van der Waals surface area contributed by atoms with Crippen LogP contribution in [-0.2, 0) is 11.2 Å². The van der Waals surface area contributed by atoms with Crippen LogP contribution in [0.15, 0.2) is 16.6 Å². The summed E-state index contributed by atoms with van der Waals surface area (Å²) in [5, 5.41) is 3.65. The van der Waals surface area contributed by atoms with E-state index in [1.807, 2.05) is 0 Å². The van der Waals surface area contributed by atoms with Crippen LogP contribution in [0.5, 0.6) is 5.75 Å². The predicted molar refractivity (Wildman–Crippen MR) is 83.3 cm³/mol. The van der Waals surface area contributed by atoms with E-state index in [9.17, 15) is 0 Å². The fraction of sp³-hybridized carbons (Fsp3) is 0.625. The van der Waals surface area contributed by atoms with Gasteiger partial charge in [-0.05, 0) is 37.6 Å². The minimum Gasteiger partial charge on any atom is -0.493 e. The molecule has 1 saturated heterocycles. The molecule has 110 valence electrons. The summed E-state index contributed by atoms with van der Waals surface area (Å²) < 4.78 is 12.8. The fourth-order valence-electron chi connectivity index (χ4n) is 3.43. The molecule has 0 aromatic heterocycles. The van der Waals surface area contributed by atoms with Crippen LogP contribution < -0.4 is 10.1 Å². The van der Waals surface area contributed by atoms with Gasteiger partial charge in [-0.2, -0.15) is 0 Å². The van der Waals surface area contributed by atoms with Crippen molar-refractivity contribution in [2.75, 3.05) is 19.8 Å². The van der Waals surface area contributed by atoms with Crippen LogP contribution in [0.25, 0.3) is 0 Å². The van der Waals surface area contributed by atoms with Crippen LogP contribution in [0.4, 0.5) is 0 Å². The fourth-order valence-corrected chi connectivity index (χ4v) is 3.95. The molecular formula is C16H22BrNO2. The Balaban J connectivity index is 1.99. The predicted octanol–water partition coefficient (Wildman–Crippen LogP) is 3.46. The molecule has 1 fully saturated rings. The number of rotatable bonds is 4. The van der Waals surface area contributed by atoms with Gasteiger partial charge in [0.05, 0.1) is 12.7 Å². The molecule has 1 N–H and O–H groups in total. The van der Waals surface area contributed by atoms with Gasteiger partial charge in [-0.15, -0.1) is 0 Å². The number of halogens is 1. The van der Waals surface area contributed by atoms with Crippen molar-refractivity contribution in [1.29, 1.82) is 0 Å². The molecule has 0 amide bonds. The van der Waals surface area contributed by atoms with Gasteiger partial charge in [-0.25, -0.2) is 0 Å².